The number of imidazole rings is 1. The summed E-state index contributed by atoms with van der Waals surface area (Å²) in [6.07, 6.45) is 3.40. The van der Waals surface area contributed by atoms with E-state index < -0.39 is 0 Å². The number of benzene rings is 1. The van der Waals surface area contributed by atoms with Gasteiger partial charge < -0.3 is 8.98 Å². The summed E-state index contributed by atoms with van der Waals surface area (Å²) in [5.41, 5.74) is 0.681. The topological polar surface area (TPSA) is 48.0 Å². The van der Waals surface area contributed by atoms with Crippen molar-refractivity contribution in [1.82, 2.24) is 9.55 Å². The molecule has 3 aromatic rings. The van der Waals surface area contributed by atoms with Crippen LogP contribution in [-0.2, 0) is 6.54 Å². The quantitative estimate of drug-likeness (QED) is 0.693. The number of fused-ring (bicyclic) bond motifs is 1. The highest BCUT2D eigenvalue weighted by Crippen LogP contribution is 2.27. The van der Waals surface area contributed by atoms with Crippen LogP contribution in [0.25, 0.3) is 11.0 Å². The Morgan fingerprint density at radius 3 is 3.05 bits per heavy atom. The lowest BCUT2D eigenvalue weighted by Gasteiger charge is -2.00. The lowest BCUT2D eigenvalue weighted by atomic mass is 10.2. The van der Waals surface area contributed by atoms with Gasteiger partial charge in [0.2, 0.25) is 0 Å². The van der Waals surface area contributed by atoms with Crippen molar-refractivity contribution in [2.75, 3.05) is 0 Å². The molecule has 0 amide bonds. The first-order valence-electron chi connectivity index (χ1n) is 5.94. The Hall–Kier alpha value is -1.88. The number of halogens is 1. The smallest absolute Gasteiger partial charge is 0.263 e. The molecule has 1 aromatic carbocycles. The van der Waals surface area contributed by atoms with E-state index in [1.807, 2.05) is 25.1 Å². The minimum Gasteiger partial charge on any atom is -0.451 e. The van der Waals surface area contributed by atoms with E-state index in [1.165, 1.54) is 0 Å². The van der Waals surface area contributed by atoms with Crippen LogP contribution in [0.3, 0.4) is 0 Å². The van der Waals surface area contributed by atoms with Crippen LogP contribution in [0.5, 0.6) is 0 Å². The van der Waals surface area contributed by atoms with Crippen LogP contribution in [0.4, 0.5) is 0 Å². The van der Waals surface area contributed by atoms with Crippen molar-refractivity contribution in [2.24, 2.45) is 0 Å². The summed E-state index contributed by atoms with van der Waals surface area (Å²) in [7, 11) is 0. The lowest BCUT2D eigenvalue weighted by molar-refractivity contribution is 0.0997. The molecule has 4 nitrogen and oxygen atoms in total. The molecule has 19 heavy (non-hydrogen) atoms. The van der Waals surface area contributed by atoms with Gasteiger partial charge in [-0.2, -0.15) is 0 Å². The number of para-hydroxylation sites is 1. The minimum absolute atomic E-state index is 0.199. The molecule has 0 atom stereocenters. The van der Waals surface area contributed by atoms with Crippen LogP contribution in [-0.4, -0.2) is 15.3 Å². The summed E-state index contributed by atoms with van der Waals surface area (Å²) in [5, 5.41) is 0.896. The second-order valence-electron chi connectivity index (χ2n) is 4.13. The standard InChI is InChI=1S/C14H11BrN2O2/c1-2-17-7-6-16-14(17)12(18)11-8-9-4-3-5-10(15)13(9)19-11/h3-8H,2H2,1H3. The summed E-state index contributed by atoms with van der Waals surface area (Å²) in [4.78, 5) is 16.5. The number of furan rings is 1. The maximum Gasteiger partial charge on any atom is 0.263 e. The average Bonchev–Trinajstić information content (AvgIpc) is 3.04. The molecular weight excluding hydrogens is 308 g/mol. The lowest BCUT2D eigenvalue weighted by Crippen LogP contribution is -2.09. The van der Waals surface area contributed by atoms with Crippen molar-refractivity contribution >= 4 is 32.7 Å². The van der Waals surface area contributed by atoms with E-state index in [2.05, 4.69) is 20.9 Å². The third kappa shape index (κ3) is 2.00. The van der Waals surface area contributed by atoms with Crippen LogP contribution < -0.4 is 0 Å². The maximum atomic E-state index is 12.4. The molecule has 2 heterocycles. The Balaban J connectivity index is 2.09. The second kappa shape index (κ2) is 4.66. The molecule has 0 saturated carbocycles. The highest BCUT2D eigenvalue weighted by Gasteiger charge is 2.19. The Bertz CT molecular complexity index is 758. The van der Waals surface area contributed by atoms with Gasteiger partial charge in [0.05, 0.1) is 4.47 Å². The van der Waals surface area contributed by atoms with Gasteiger partial charge in [-0.1, -0.05) is 12.1 Å². The molecule has 0 fully saturated rings. The minimum atomic E-state index is -0.199. The summed E-state index contributed by atoms with van der Waals surface area (Å²) in [6.45, 7) is 2.67. The van der Waals surface area contributed by atoms with Gasteiger partial charge in [0.25, 0.3) is 5.78 Å². The average molecular weight is 319 g/mol. The Kier molecular flexibility index (Phi) is 2.98. The fraction of sp³-hybridized carbons (Fsp3) is 0.143. The molecule has 0 spiro atoms. The molecule has 3 rings (SSSR count). The Morgan fingerprint density at radius 1 is 1.47 bits per heavy atom. The normalized spacial score (nSPS) is 11.1. The molecule has 2 aromatic heterocycles. The van der Waals surface area contributed by atoms with Gasteiger partial charge >= 0.3 is 0 Å². The van der Waals surface area contributed by atoms with Crippen molar-refractivity contribution in [2.45, 2.75) is 13.5 Å². The van der Waals surface area contributed by atoms with E-state index in [9.17, 15) is 4.79 Å². The first-order chi connectivity index (χ1) is 9.20. The number of carbonyl (C=O) groups excluding carboxylic acids is 1. The van der Waals surface area contributed by atoms with Crippen LogP contribution in [0, 0.1) is 0 Å². The SMILES string of the molecule is CCn1ccnc1C(=O)c1cc2cccc(Br)c2o1. The van der Waals surface area contributed by atoms with Gasteiger partial charge in [0, 0.05) is 24.3 Å². The third-order valence-electron chi connectivity index (χ3n) is 2.98. The molecule has 0 saturated heterocycles. The van der Waals surface area contributed by atoms with E-state index in [0.29, 0.717) is 23.7 Å². The fourth-order valence-corrected chi connectivity index (χ4v) is 2.49. The van der Waals surface area contributed by atoms with E-state index >= 15 is 0 Å². The van der Waals surface area contributed by atoms with Gasteiger partial charge in [-0.25, -0.2) is 4.98 Å². The Labute approximate surface area is 118 Å². The van der Waals surface area contributed by atoms with E-state index in [4.69, 9.17) is 4.42 Å². The molecule has 0 aliphatic rings. The van der Waals surface area contributed by atoms with Gasteiger partial charge in [-0.15, -0.1) is 0 Å². The molecule has 5 heteroatoms. The number of aromatic nitrogens is 2. The highest BCUT2D eigenvalue weighted by atomic mass is 79.9. The van der Waals surface area contributed by atoms with E-state index in [1.54, 1.807) is 23.0 Å². The van der Waals surface area contributed by atoms with Crippen molar-refractivity contribution in [3.05, 3.63) is 52.7 Å². The van der Waals surface area contributed by atoms with Gasteiger partial charge in [0.15, 0.2) is 11.6 Å². The number of ketones is 1. The molecule has 0 aliphatic carbocycles. The van der Waals surface area contributed by atoms with Gasteiger partial charge in [-0.3, -0.25) is 4.79 Å². The number of aryl methyl sites for hydroxylation is 1. The van der Waals surface area contributed by atoms with Crippen molar-refractivity contribution < 1.29 is 9.21 Å². The van der Waals surface area contributed by atoms with Crippen LogP contribution >= 0.6 is 15.9 Å². The predicted molar refractivity (Wildman–Crippen MR) is 75.2 cm³/mol. The molecule has 0 bridgehead atoms. The largest absolute Gasteiger partial charge is 0.451 e. The first-order valence-corrected chi connectivity index (χ1v) is 6.74. The van der Waals surface area contributed by atoms with Gasteiger partial charge in [-0.05, 0) is 35.0 Å². The number of rotatable bonds is 3. The van der Waals surface area contributed by atoms with Crippen molar-refractivity contribution in [1.29, 1.82) is 0 Å². The molecule has 0 radical (unpaired) electrons. The van der Waals surface area contributed by atoms with Crippen LogP contribution in [0.1, 0.15) is 23.3 Å². The first kappa shape index (κ1) is 12.2. The zero-order valence-corrected chi connectivity index (χ0v) is 11.8. The zero-order valence-electron chi connectivity index (χ0n) is 10.3. The number of hydrogen-bond acceptors (Lipinski definition) is 3. The number of hydrogen-bond donors (Lipinski definition) is 0. The van der Waals surface area contributed by atoms with E-state index in [0.717, 1.165) is 9.86 Å². The molecule has 96 valence electrons. The second-order valence-corrected chi connectivity index (χ2v) is 4.99. The summed E-state index contributed by atoms with van der Waals surface area (Å²) >= 11 is 3.41. The predicted octanol–water partition coefficient (Wildman–Crippen LogP) is 3.64. The van der Waals surface area contributed by atoms with Crippen LogP contribution in [0.15, 0.2) is 45.5 Å². The van der Waals surface area contributed by atoms with Crippen LogP contribution in [0.2, 0.25) is 0 Å². The molecule has 0 N–H and O–H groups in total. The Morgan fingerprint density at radius 2 is 2.32 bits per heavy atom. The third-order valence-corrected chi connectivity index (χ3v) is 3.60. The molecule has 0 unspecified atom stereocenters. The number of carbonyl (C=O) groups is 1. The summed E-state index contributed by atoms with van der Waals surface area (Å²) in [5.74, 6) is 0.510. The highest BCUT2D eigenvalue weighted by molar-refractivity contribution is 9.10. The summed E-state index contributed by atoms with van der Waals surface area (Å²) < 4.78 is 8.27. The van der Waals surface area contributed by atoms with Crippen molar-refractivity contribution in [3.63, 3.8) is 0 Å². The van der Waals surface area contributed by atoms with Crippen molar-refractivity contribution in [3.8, 4) is 0 Å². The maximum absolute atomic E-state index is 12.4. The number of nitrogens with zero attached hydrogens (tertiary/aromatic N) is 2. The molecule has 0 aliphatic heterocycles. The van der Waals surface area contributed by atoms with Gasteiger partial charge in [0.1, 0.15) is 5.58 Å². The zero-order chi connectivity index (χ0) is 13.4. The molecular formula is C14H11BrN2O2. The van der Waals surface area contributed by atoms with E-state index in [-0.39, 0.29) is 5.78 Å². The monoisotopic (exact) mass is 318 g/mol. The summed E-state index contributed by atoms with van der Waals surface area (Å²) in [6, 6.07) is 7.44. The fourth-order valence-electron chi connectivity index (χ4n) is 2.02.